The SMILES string of the molecule is COc1ccc(CNC(C)c2cccc(C(F)(F)F)c2)cc1OC. The lowest BCUT2D eigenvalue weighted by molar-refractivity contribution is -0.137. The summed E-state index contributed by atoms with van der Waals surface area (Å²) in [5.74, 6) is 1.25. The summed E-state index contributed by atoms with van der Waals surface area (Å²) < 4.78 is 48.8. The van der Waals surface area contributed by atoms with Gasteiger partial charge in [-0.3, -0.25) is 0 Å². The number of methoxy groups -OCH3 is 2. The zero-order valence-electron chi connectivity index (χ0n) is 13.8. The molecule has 24 heavy (non-hydrogen) atoms. The van der Waals surface area contributed by atoms with Crippen LogP contribution in [0, 0.1) is 0 Å². The lowest BCUT2D eigenvalue weighted by atomic mass is 10.0. The van der Waals surface area contributed by atoms with E-state index in [1.807, 2.05) is 19.1 Å². The van der Waals surface area contributed by atoms with Crippen molar-refractivity contribution in [3.63, 3.8) is 0 Å². The van der Waals surface area contributed by atoms with Gasteiger partial charge < -0.3 is 14.8 Å². The van der Waals surface area contributed by atoms with E-state index < -0.39 is 11.7 Å². The Morgan fingerprint density at radius 3 is 2.33 bits per heavy atom. The van der Waals surface area contributed by atoms with Crippen molar-refractivity contribution in [1.29, 1.82) is 0 Å². The number of hydrogen-bond donors (Lipinski definition) is 1. The molecule has 0 bridgehead atoms. The normalized spacial score (nSPS) is 12.8. The van der Waals surface area contributed by atoms with E-state index in [1.54, 1.807) is 26.4 Å². The molecule has 0 aliphatic rings. The third kappa shape index (κ3) is 4.41. The second-order valence-electron chi connectivity index (χ2n) is 5.42. The maximum Gasteiger partial charge on any atom is 0.416 e. The zero-order chi connectivity index (χ0) is 17.7. The predicted molar refractivity (Wildman–Crippen MR) is 86.2 cm³/mol. The molecule has 0 saturated heterocycles. The highest BCUT2D eigenvalue weighted by molar-refractivity contribution is 5.42. The van der Waals surface area contributed by atoms with Gasteiger partial charge in [-0.25, -0.2) is 0 Å². The molecule has 0 radical (unpaired) electrons. The van der Waals surface area contributed by atoms with E-state index in [2.05, 4.69) is 5.32 Å². The first kappa shape index (κ1) is 18.1. The molecule has 1 unspecified atom stereocenters. The topological polar surface area (TPSA) is 30.5 Å². The molecule has 0 aliphatic heterocycles. The van der Waals surface area contributed by atoms with E-state index in [0.29, 0.717) is 23.6 Å². The summed E-state index contributed by atoms with van der Waals surface area (Å²) in [6.07, 6.45) is -4.33. The zero-order valence-corrected chi connectivity index (χ0v) is 13.8. The van der Waals surface area contributed by atoms with Gasteiger partial charge >= 0.3 is 6.18 Å². The maximum atomic E-state index is 12.8. The van der Waals surface area contributed by atoms with Crippen molar-refractivity contribution < 1.29 is 22.6 Å². The van der Waals surface area contributed by atoms with Crippen molar-refractivity contribution in [3.05, 3.63) is 59.2 Å². The molecule has 1 atom stereocenters. The van der Waals surface area contributed by atoms with E-state index in [4.69, 9.17) is 9.47 Å². The van der Waals surface area contributed by atoms with Crippen LogP contribution in [0.1, 0.15) is 29.7 Å². The van der Waals surface area contributed by atoms with Gasteiger partial charge in [-0.2, -0.15) is 13.2 Å². The second-order valence-corrected chi connectivity index (χ2v) is 5.42. The van der Waals surface area contributed by atoms with Crippen LogP contribution < -0.4 is 14.8 Å². The van der Waals surface area contributed by atoms with Crippen LogP contribution >= 0.6 is 0 Å². The summed E-state index contributed by atoms with van der Waals surface area (Å²) in [6.45, 7) is 2.33. The molecule has 0 fully saturated rings. The maximum absolute atomic E-state index is 12.8. The van der Waals surface area contributed by atoms with Crippen LogP contribution in [0.4, 0.5) is 13.2 Å². The highest BCUT2D eigenvalue weighted by Crippen LogP contribution is 2.31. The number of alkyl halides is 3. The Kier molecular flexibility index (Phi) is 5.72. The van der Waals surface area contributed by atoms with Crippen molar-refractivity contribution in [2.24, 2.45) is 0 Å². The second kappa shape index (κ2) is 7.57. The van der Waals surface area contributed by atoms with Crippen molar-refractivity contribution in [2.45, 2.75) is 25.7 Å². The van der Waals surface area contributed by atoms with Crippen LogP contribution in [0.25, 0.3) is 0 Å². The summed E-state index contributed by atoms with van der Waals surface area (Å²) in [6, 6.07) is 10.6. The van der Waals surface area contributed by atoms with E-state index in [-0.39, 0.29) is 6.04 Å². The molecule has 6 heteroatoms. The lowest BCUT2D eigenvalue weighted by Crippen LogP contribution is -2.18. The third-order valence-electron chi connectivity index (χ3n) is 3.77. The summed E-state index contributed by atoms with van der Waals surface area (Å²) in [4.78, 5) is 0. The Labute approximate surface area is 139 Å². The van der Waals surface area contributed by atoms with Crippen LogP contribution in [-0.4, -0.2) is 14.2 Å². The molecule has 0 amide bonds. The summed E-state index contributed by atoms with van der Waals surface area (Å²) >= 11 is 0. The molecule has 130 valence electrons. The van der Waals surface area contributed by atoms with Crippen LogP contribution in [0.2, 0.25) is 0 Å². The molecule has 0 heterocycles. The monoisotopic (exact) mass is 339 g/mol. The van der Waals surface area contributed by atoms with E-state index in [0.717, 1.165) is 11.6 Å². The fraction of sp³-hybridized carbons (Fsp3) is 0.333. The molecule has 0 aliphatic carbocycles. The average molecular weight is 339 g/mol. The van der Waals surface area contributed by atoms with Crippen LogP contribution in [0.15, 0.2) is 42.5 Å². The van der Waals surface area contributed by atoms with Crippen molar-refractivity contribution >= 4 is 0 Å². The quantitative estimate of drug-likeness (QED) is 0.836. The Balaban J connectivity index is 2.07. The van der Waals surface area contributed by atoms with Gasteiger partial charge in [0.1, 0.15) is 0 Å². The molecular formula is C18H20F3NO2. The molecule has 0 saturated carbocycles. The molecule has 0 aromatic heterocycles. The first-order valence-electron chi connectivity index (χ1n) is 7.46. The largest absolute Gasteiger partial charge is 0.493 e. The minimum absolute atomic E-state index is 0.222. The summed E-state index contributed by atoms with van der Waals surface area (Å²) in [5, 5.41) is 3.22. The van der Waals surface area contributed by atoms with Gasteiger partial charge in [0.2, 0.25) is 0 Å². The molecule has 2 aromatic carbocycles. The first-order valence-corrected chi connectivity index (χ1v) is 7.46. The van der Waals surface area contributed by atoms with E-state index >= 15 is 0 Å². The number of ether oxygens (including phenoxy) is 2. The molecule has 3 nitrogen and oxygen atoms in total. The molecular weight excluding hydrogens is 319 g/mol. The third-order valence-corrected chi connectivity index (χ3v) is 3.77. The van der Waals surface area contributed by atoms with Gasteiger partial charge in [0.25, 0.3) is 0 Å². The van der Waals surface area contributed by atoms with Crippen molar-refractivity contribution in [2.75, 3.05) is 14.2 Å². The fourth-order valence-electron chi connectivity index (χ4n) is 2.36. The Morgan fingerprint density at radius 1 is 1.00 bits per heavy atom. The minimum Gasteiger partial charge on any atom is -0.493 e. The fourth-order valence-corrected chi connectivity index (χ4v) is 2.36. The molecule has 1 N–H and O–H groups in total. The number of halogens is 3. The van der Waals surface area contributed by atoms with Crippen LogP contribution in [0.3, 0.4) is 0 Å². The Bertz CT molecular complexity index is 686. The van der Waals surface area contributed by atoms with Gasteiger partial charge in [-0.05, 0) is 42.3 Å². The van der Waals surface area contributed by atoms with E-state index in [1.165, 1.54) is 12.1 Å². The van der Waals surface area contributed by atoms with E-state index in [9.17, 15) is 13.2 Å². The Morgan fingerprint density at radius 2 is 1.71 bits per heavy atom. The highest BCUT2D eigenvalue weighted by atomic mass is 19.4. The number of benzene rings is 2. The number of nitrogens with one attached hydrogen (secondary N) is 1. The van der Waals surface area contributed by atoms with Gasteiger partial charge in [-0.1, -0.05) is 18.2 Å². The lowest BCUT2D eigenvalue weighted by Gasteiger charge is -2.17. The average Bonchev–Trinajstić information content (AvgIpc) is 2.58. The van der Waals surface area contributed by atoms with Gasteiger partial charge in [-0.15, -0.1) is 0 Å². The van der Waals surface area contributed by atoms with Gasteiger partial charge in [0.15, 0.2) is 11.5 Å². The number of rotatable bonds is 6. The molecule has 2 rings (SSSR count). The Hall–Kier alpha value is -2.21. The van der Waals surface area contributed by atoms with Crippen molar-refractivity contribution in [1.82, 2.24) is 5.32 Å². The predicted octanol–water partition coefficient (Wildman–Crippen LogP) is 4.57. The van der Waals surface area contributed by atoms with Crippen LogP contribution in [-0.2, 0) is 12.7 Å². The van der Waals surface area contributed by atoms with Gasteiger partial charge in [0, 0.05) is 12.6 Å². The van der Waals surface area contributed by atoms with Gasteiger partial charge in [0.05, 0.1) is 19.8 Å². The molecule has 0 spiro atoms. The first-order chi connectivity index (χ1) is 11.3. The highest BCUT2D eigenvalue weighted by Gasteiger charge is 2.30. The van der Waals surface area contributed by atoms with Crippen LogP contribution in [0.5, 0.6) is 11.5 Å². The number of hydrogen-bond acceptors (Lipinski definition) is 3. The molecule has 2 aromatic rings. The standard InChI is InChI=1S/C18H20F3NO2/c1-12(14-5-4-6-15(10-14)18(19,20)21)22-11-13-7-8-16(23-2)17(9-13)24-3/h4-10,12,22H,11H2,1-3H3. The minimum atomic E-state index is -4.33. The van der Waals surface area contributed by atoms with Crippen molar-refractivity contribution in [3.8, 4) is 11.5 Å². The summed E-state index contributed by atoms with van der Waals surface area (Å²) in [5.41, 5.74) is 0.900. The summed E-state index contributed by atoms with van der Waals surface area (Å²) in [7, 11) is 3.12. The smallest absolute Gasteiger partial charge is 0.416 e.